The standard InChI is InChI=1S/C18H26ClN3O2/c1-2-10-20-18(24)21-17(23)13-22(12-15-3-4-15)11-9-14-5-7-16(19)8-6-14/h5-8,15H,2-4,9-13H2,1H3,(H2,20,21,23,24). The number of hydrogen-bond donors (Lipinski definition) is 2. The Labute approximate surface area is 148 Å². The maximum Gasteiger partial charge on any atom is 0.321 e. The number of imide groups is 1. The number of carbonyl (C=O) groups is 2. The second kappa shape index (κ2) is 9.64. The Morgan fingerprint density at radius 3 is 2.58 bits per heavy atom. The van der Waals surface area contributed by atoms with Gasteiger partial charge in [-0.15, -0.1) is 0 Å². The minimum atomic E-state index is -0.411. The summed E-state index contributed by atoms with van der Waals surface area (Å²) >= 11 is 5.90. The van der Waals surface area contributed by atoms with E-state index < -0.39 is 6.03 Å². The first-order valence-corrected chi connectivity index (χ1v) is 8.99. The number of nitrogens with one attached hydrogen (secondary N) is 2. The zero-order valence-electron chi connectivity index (χ0n) is 14.2. The van der Waals surface area contributed by atoms with Crippen molar-refractivity contribution in [3.63, 3.8) is 0 Å². The molecule has 0 spiro atoms. The fraction of sp³-hybridized carbons (Fsp3) is 0.556. The van der Waals surface area contributed by atoms with E-state index in [1.165, 1.54) is 18.4 Å². The SMILES string of the molecule is CCCNC(=O)NC(=O)CN(CCc1ccc(Cl)cc1)CC1CC1. The quantitative estimate of drug-likeness (QED) is 0.719. The van der Waals surface area contributed by atoms with Crippen LogP contribution >= 0.6 is 11.6 Å². The molecule has 1 aromatic carbocycles. The molecule has 0 bridgehead atoms. The summed E-state index contributed by atoms with van der Waals surface area (Å²) in [5.41, 5.74) is 1.20. The van der Waals surface area contributed by atoms with Crippen LogP contribution in [0.5, 0.6) is 0 Å². The van der Waals surface area contributed by atoms with Crippen molar-refractivity contribution in [2.45, 2.75) is 32.6 Å². The zero-order valence-corrected chi connectivity index (χ0v) is 14.9. The summed E-state index contributed by atoms with van der Waals surface area (Å²) in [4.78, 5) is 25.8. The number of rotatable bonds is 9. The van der Waals surface area contributed by atoms with E-state index in [1.807, 2.05) is 31.2 Å². The first kappa shape index (κ1) is 18.7. The van der Waals surface area contributed by atoms with E-state index in [-0.39, 0.29) is 12.5 Å². The lowest BCUT2D eigenvalue weighted by Gasteiger charge is -2.21. The third-order valence-corrected chi connectivity index (χ3v) is 4.25. The van der Waals surface area contributed by atoms with Crippen LogP contribution in [0.1, 0.15) is 31.7 Å². The number of nitrogens with zero attached hydrogens (tertiary/aromatic N) is 1. The molecular weight excluding hydrogens is 326 g/mol. The predicted octanol–water partition coefficient (Wildman–Crippen LogP) is 2.83. The Hall–Kier alpha value is -1.59. The average Bonchev–Trinajstić information content (AvgIpc) is 3.36. The van der Waals surface area contributed by atoms with E-state index in [4.69, 9.17) is 11.6 Å². The highest BCUT2D eigenvalue weighted by Gasteiger charge is 2.25. The third-order valence-electron chi connectivity index (χ3n) is 4.00. The van der Waals surface area contributed by atoms with Crippen LogP contribution in [0.15, 0.2) is 24.3 Å². The molecule has 1 aromatic rings. The van der Waals surface area contributed by atoms with E-state index in [0.29, 0.717) is 12.5 Å². The van der Waals surface area contributed by atoms with Crippen molar-refractivity contribution in [3.05, 3.63) is 34.9 Å². The Morgan fingerprint density at radius 1 is 1.25 bits per heavy atom. The van der Waals surface area contributed by atoms with Gasteiger partial charge in [-0.1, -0.05) is 30.7 Å². The van der Waals surface area contributed by atoms with Gasteiger partial charge in [-0.3, -0.25) is 15.0 Å². The number of carbonyl (C=O) groups excluding carboxylic acids is 2. The summed E-state index contributed by atoms with van der Waals surface area (Å²) < 4.78 is 0. The van der Waals surface area contributed by atoms with Crippen LogP contribution in [0.3, 0.4) is 0 Å². The van der Waals surface area contributed by atoms with Crippen LogP contribution < -0.4 is 10.6 Å². The second-order valence-electron chi connectivity index (χ2n) is 6.36. The Kier molecular flexibility index (Phi) is 7.53. The molecular formula is C18H26ClN3O2. The molecule has 24 heavy (non-hydrogen) atoms. The summed E-state index contributed by atoms with van der Waals surface area (Å²) in [6.07, 6.45) is 4.17. The Bertz CT molecular complexity index is 544. The normalized spacial score (nSPS) is 13.8. The smallest absolute Gasteiger partial charge is 0.321 e. The average molecular weight is 352 g/mol. The van der Waals surface area contributed by atoms with Gasteiger partial charge in [-0.05, 0) is 49.3 Å². The van der Waals surface area contributed by atoms with Gasteiger partial charge in [0.15, 0.2) is 0 Å². The lowest BCUT2D eigenvalue weighted by atomic mass is 10.1. The number of hydrogen-bond acceptors (Lipinski definition) is 3. The molecule has 0 aliphatic heterocycles. The molecule has 3 amide bonds. The zero-order chi connectivity index (χ0) is 17.4. The minimum Gasteiger partial charge on any atom is -0.338 e. The fourth-order valence-electron chi connectivity index (χ4n) is 2.49. The van der Waals surface area contributed by atoms with Crippen LogP contribution in [0.4, 0.5) is 4.79 Å². The summed E-state index contributed by atoms with van der Waals surface area (Å²) in [7, 11) is 0. The van der Waals surface area contributed by atoms with Crippen molar-refractivity contribution in [2.75, 3.05) is 26.2 Å². The molecule has 0 saturated heterocycles. The first-order valence-electron chi connectivity index (χ1n) is 8.61. The molecule has 0 aromatic heterocycles. The second-order valence-corrected chi connectivity index (χ2v) is 6.80. The third kappa shape index (κ3) is 7.32. The molecule has 0 radical (unpaired) electrons. The molecule has 2 N–H and O–H groups in total. The topological polar surface area (TPSA) is 61.4 Å². The first-order chi connectivity index (χ1) is 11.6. The van der Waals surface area contributed by atoms with Gasteiger partial charge in [0.25, 0.3) is 0 Å². The maximum absolute atomic E-state index is 12.1. The molecule has 0 unspecified atom stereocenters. The van der Waals surface area contributed by atoms with E-state index in [9.17, 15) is 9.59 Å². The highest BCUT2D eigenvalue weighted by atomic mass is 35.5. The van der Waals surface area contributed by atoms with Gasteiger partial charge in [0, 0.05) is 24.7 Å². The van der Waals surface area contributed by atoms with Crippen LogP contribution in [-0.2, 0) is 11.2 Å². The molecule has 1 aliphatic carbocycles. The van der Waals surface area contributed by atoms with Gasteiger partial charge in [0.2, 0.25) is 5.91 Å². The minimum absolute atomic E-state index is 0.250. The van der Waals surface area contributed by atoms with Crippen LogP contribution in [0.25, 0.3) is 0 Å². The lowest BCUT2D eigenvalue weighted by Crippen LogP contribution is -2.45. The summed E-state index contributed by atoms with van der Waals surface area (Å²) in [5, 5.41) is 5.78. The summed E-state index contributed by atoms with van der Waals surface area (Å²) in [5.74, 6) is 0.442. The molecule has 1 fully saturated rings. The van der Waals surface area contributed by atoms with Crippen LogP contribution in [-0.4, -0.2) is 43.0 Å². The summed E-state index contributed by atoms with van der Waals surface area (Å²) in [6.45, 7) is 4.50. The van der Waals surface area contributed by atoms with Gasteiger partial charge in [0.1, 0.15) is 0 Å². The van der Waals surface area contributed by atoms with Crippen molar-refractivity contribution in [1.29, 1.82) is 0 Å². The number of amides is 3. The molecule has 1 aliphatic rings. The maximum atomic E-state index is 12.1. The van der Waals surface area contributed by atoms with Gasteiger partial charge in [-0.2, -0.15) is 0 Å². The molecule has 0 heterocycles. The van der Waals surface area contributed by atoms with Crippen molar-refractivity contribution in [3.8, 4) is 0 Å². The Morgan fingerprint density at radius 2 is 1.96 bits per heavy atom. The molecule has 1 saturated carbocycles. The van der Waals surface area contributed by atoms with Crippen molar-refractivity contribution >= 4 is 23.5 Å². The molecule has 6 heteroatoms. The summed E-state index contributed by atoms with van der Waals surface area (Å²) in [6, 6.07) is 7.37. The van der Waals surface area contributed by atoms with Gasteiger partial charge in [-0.25, -0.2) is 4.79 Å². The number of urea groups is 1. The van der Waals surface area contributed by atoms with Gasteiger partial charge in [0.05, 0.1) is 6.54 Å². The van der Waals surface area contributed by atoms with Gasteiger partial charge < -0.3 is 5.32 Å². The van der Waals surface area contributed by atoms with Crippen LogP contribution in [0, 0.1) is 5.92 Å². The molecule has 132 valence electrons. The van der Waals surface area contributed by atoms with Crippen molar-refractivity contribution < 1.29 is 9.59 Å². The Balaban J connectivity index is 1.79. The van der Waals surface area contributed by atoms with E-state index >= 15 is 0 Å². The highest BCUT2D eigenvalue weighted by molar-refractivity contribution is 6.30. The van der Waals surface area contributed by atoms with Crippen LogP contribution in [0.2, 0.25) is 5.02 Å². The molecule has 0 atom stereocenters. The van der Waals surface area contributed by atoms with E-state index in [0.717, 1.165) is 31.0 Å². The number of benzene rings is 1. The molecule has 5 nitrogen and oxygen atoms in total. The van der Waals surface area contributed by atoms with Gasteiger partial charge >= 0.3 is 6.03 Å². The number of halogens is 1. The lowest BCUT2D eigenvalue weighted by molar-refractivity contribution is -0.121. The van der Waals surface area contributed by atoms with E-state index in [2.05, 4.69) is 15.5 Å². The van der Waals surface area contributed by atoms with E-state index in [1.54, 1.807) is 0 Å². The monoisotopic (exact) mass is 351 g/mol. The van der Waals surface area contributed by atoms with Crippen molar-refractivity contribution in [2.24, 2.45) is 5.92 Å². The predicted molar refractivity (Wildman–Crippen MR) is 96.2 cm³/mol. The van der Waals surface area contributed by atoms with Crippen molar-refractivity contribution in [1.82, 2.24) is 15.5 Å². The fourth-order valence-corrected chi connectivity index (χ4v) is 2.62. The largest absolute Gasteiger partial charge is 0.338 e. The molecule has 2 rings (SSSR count). The highest BCUT2D eigenvalue weighted by Crippen LogP contribution is 2.29.